The maximum Gasteiger partial charge on any atom is 0.307 e. The van der Waals surface area contributed by atoms with Crippen LogP contribution in [0.5, 0.6) is 5.75 Å². The number of hydrogen-bond donors (Lipinski definition) is 1. The van der Waals surface area contributed by atoms with Crippen LogP contribution < -0.4 is 4.74 Å². The lowest BCUT2D eigenvalue weighted by molar-refractivity contribution is -0.136. The molecule has 1 aliphatic heterocycles. The molecule has 1 heterocycles. The van der Waals surface area contributed by atoms with E-state index in [1.165, 1.54) is 13.2 Å². The average molecular weight is 353 g/mol. The van der Waals surface area contributed by atoms with Gasteiger partial charge in [0.05, 0.1) is 13.5 Å². The van der Waals surface area contributed by atoms with Gasteiger partial charge >= 0.3 is 5.97 Å². The van der Waals surface area contributed by atoms with Crippen molar-refractivity contribution in [2.45, 2.75) is 49.5 Å². The molecule has 132 valence electrons. The molecule has 0 bridgehead atoms. The number of nitrogens with zero attached hydrogens (tertiary/aromatic N) is 1. The maximum absolute atomic E-state index is 13.2. The molecule has 1 N–H and O–H groups in total. The number of fused-ring (bicyclic) bond motifs is 1. The van der Waals surface area contributed by atoms with Gasteiger partial charge in [0.15, 0.2) is 0 Å². The van der Waals surface area contributed by atoms with Crippen molar-refractivity contribution >= 4 is 16.0 Å². The summed E-state index contributed by atoms with van der Waals surface area (Å²) in [6.07, 6.45) is 4.81. The fourth-order valence-corrected chi connectivity index (χ4v) is 6.00. The molecule has 0 radical (unpaired) electrons. The van der Waals surface area contributed by atoms with Crippen molar-refractivity contribution in [3.05, 3.63) is 23.8 Å². The average Bonchev–Trinajstić information content (AvgIpc) is 3.02. The van der Waals surface area contributed by atoms with Gasteiger partial charge < -0.3 is 9.84 Å². The molecule has 1 saturated carbocycles. The number of carbonyl (C=O) groups is 1. The summed E-state index contributed by atoms with van der Waals surface area (Å²) in [5.41, 5.74) is 0.460. The Labute approximate surface area is 142 Å². The summed E-state index contributed by atoms with van der Waals surface area (Å²) in [5.74, 6) is -0.275. The number of hydrogen-bond acceptors (Lipinski definition) is 4. The highest BCUT2D eigenvalue weighted by molar-refractivity contribution is 7.89. The van der Waals surface area contributed by atoms with Crippen LogP contribution in [0.25, 0.3) is 0 Å². The predicted molar refractivity (Wildman–Crippen MR) is 88.6 cm³/mol. The Kier molecular flexibility index (Phi) is 4.83. The molecular weight excluding hydrogens is 330 g/mol. The number of carboxylic acid groups (broad SMARTS) is 1. The van der Waals surface area contributed by atoms with Crippen molar-refractivity contribution in [2.24, 2.45) is 5.92 Å². The zero-order chi connectivity index (χ0) is 17.3. The van der Waals surface area contributed by atoms with Gasteiger partial charge in [-0.3, -0.25) is 4.79 Å². The molecular formula is C17H23NO5S. The minimum atomic E-state index is -3.70. The van der Waals surface area contributed by atoms with Crippen LogP contribution in [0.4, 0.5) is 0 Å². The molecule has 2 atom stereocenters. The Balaban J connectivity index is 2.00. The van der Waals surface area contributed by atoms with Gasteiger partial charge in [-0.05, 0) is 49.3 Å². The molecule has 2 aliphatic rings. The SMILES string of the molecule is COc1ccc(CC(=O)O)cc1S(=O)(=O)N1CCCC2CCCC21. The van der Waals surface area contributed by atoms with Crippen LogP contribution in [0.2, 0.25) is 0 Å². The van der Waals surface area contributed by atoms with Crippen LogP contribution in [-0.2, 0) is 21.2 Å². The Bertz CT molecular complexity index is 730. The standard InChI is InChI=1S/C17H23NO5S/c1-23-15-8-7-12(11-17(19)20)10-16(15)24(21,22)18-9-3-5-13-4-2-6-14(13)18/h7-8,10,13-14H,2-6,9,11H2,1H3,(H,19,20). The van der Waals surface area contributed by atoms with E-state index in [0.29, 0.717) is 18.0 Å². The first-order valence-electron chi connectivity index (χ1n) is 8.34. The second-order valence-electron chi connectivity index (χ2n) is 6.57. The van der Waals surface area contributed by atoms with Crippen molar-refractivity contribution in [3.63, 3.8) is 0 Å². The normalized spacial score (nSPS) is 24.5. The molecule has 1 aromatic rings. The minimum Gasteiger partial charge on any atom is -0.495 e. The summed E-state index contributed by atoms with van der Waals surface area (Å²) in [4.78, 5) is 11.0. The number of rotatable bonds is 5. The zero-order valence-corrected chi connectivity index (χ0v) is 14.6. The van der Waals surface area contributed by atoms with Crippen molar-refractivity contribution < 1.29 is 23.1 Å². The van der Waals surface area contributed by atoms with E-state index < -0.39 is 16.0 Å². The first kappa shape index (κ1) is 17.2. The highest BCUT2D eigenvalue weighted by Gasteiger charge is 2.42. The smallest absolute Gasteiger partial charge is 0.307 e. The van der Waals surface area contributed by atoms with Crippen molar-refractivity contribution in [3.8, 4) is 5.75 Å². The molecule has 6 nitrogen and oxygen atoms in total. The van der Waals surface area contributed by atoms with Crippen LogP contribution in [-0.4, -0.2) is 43.5 Å². The van der Waals surface area contributed by atoms with Crippen molar-refractivity contribution in [1.29, 1.82) is 0 Å². The molecule has 1 aliphatic carbocycles. The number of piperidine rings is 1. The van der Waals surface area contributed by atoms with E-state index in [0.717, 1.165) is 32.1 Å². The molecule has 3 rings (SSSR count). The lowest BCUT2D eigenvalue weighted by atomic mass is 9.94. The first-order valence-corrected chi connectivity index (χ1v) is 9.78. The number of carboxylic acids is 1. The highest BCUT2D eigenvalue weighted by atomic mass is 32.2. The summed E-state index contributed by atoms with van der Waals surface area (Å²) >= 11 is 0. The number of benzene rings is 1. The third kappa shape index (κ3) is 3.15. The van der Waals surface area contributed by atoms with Crippen molar-refractivity contribution in [2.75, 3.05) is 13.7 Å². The van der Waals surface area contributed by atoms with Gasteiger partial charge in [-0.1, -0.05) is 12.5 Å². The summed E-state index contributed by atoms with van der Waals surface area (Å²) in [6, 6.07) is 4.65. The summed E-state index contributed by atoms with van der Waals surface area (Å²) < 4.78 is 33.4. The second kappa shape index (κ2) is 6.72. The predicted octanol–water partition coefficient (Wildman–Crippen LogP) is 2.28. The molecule has 1 saturated heterocycles. The third-order valence-electron chi connectivity index (χ3n) is 5.11. The lowest BCUT2D eigenvalue weighted by Crippen LogP contribution is -2.46. The molecule has 2 fully saturated rings. The Morgan fingerprint density at radius 1 is 1.29 bits per heavy atom. The van der Waals surface area contributed by atoms with E-state index in [2.05, 4.69) is 0 Å². The monoisotopic (exact) mass is 353 g/mol. The van der Waals surface area contributed by atoms with Crippen LogP contribution in [0.1, 0.15) is 37.7 Å². The van der Waals surface area contributed by atoms with E-state index >= 15 is 0 Å². The molecule has 0 amide bonds. The van der Waals surface area contributed by atoms with Crippen LogP contribution in [0, 0.1) is 5.92 Å². The van der Waals surface area contributed by atoms with E-state index in [-0.39, 0.29) is 23.1 Å². The zero-order valence-electron chi connectivity index (χ0n) is 13.8. The lowest BCUT2D eigenvalue weighted by Gasteiger charge is -2.36. The number of methoxy groups -OCH3 is 1. The maximum atomic E-state index is 13.2. The van der Waals surface area contributed by atoms with E-state index in [1.807, 2.05) is 0 Å². The van der Waals surface area contributed by atoms with Gasteiger partial charge in [0, 0.05) is 12.6 Å². The molecule has 24 heavy (non-hydrogen) atoms. The van der Waals surface area contributed by atoms with Crippen LogP contribution in [0.15, 0.2) is 23.1 Å². The Morgan fingerprint density at radius 3 is 2.75 bits per heavy atom. The van der Waals surface area contributed by atoms with Gasteiger partial charge in [-0.15, -0.1) is 0 Å². The Morgan fingerprint density at radius 2 is 2.04 bits per heavy atom. The van der Waals surface area contributed by atoms with Gasteiger partial charge in [-0.2, -0.15) is 4.31 Å². The molecule has 2 unspecified atom stereocenters. The number of ether oxygens (including phenoxy) is 1. The summed E-state index contributed by atoms with van der Waals surface area (Å²) in [5, 5.41) is 8.97. The van der Waals surface area contributed by atoms with Crippen LogP contribution in [0.3, 0.4) is 0 Å². The molecule has 7 heteroatoms. The van der Waals surface area contributed by atoms with Crippen LogP contribution >= 0.6 is 0 Å². The van der Waals surface area contributed by atoms with Gasteiger partial charge in [0.1, 0.15) is 10.6 Å². The fourth-order valence-electron chi connectivity index (χ4n) is 4.04. The van der Waals surface area contributed by atoms with Gasteiger partial charge in [0.2, 0.25) is 10.0 Å². The molecule has 1 aromatic carbocycles. The van der Waals surface area contributed by atoms with E-state index in [1.54, 1.807) is 16.4 Å². The fraction of sp³-hybridized carbons (Fsp3) is 0.588. The van der Waals surface area contributed by atoms with E-state index in [4.69, 9.17) is 9.84 Å². The highest BCUT2D eigenvalue weighted by Crippen LogP contribution is 2.40. The van der Waals surface area contributed by atoms with Gasteiger partial charge in [-0.25, -0.2) is 8.42 Å². The van der Waals surface area contributed by atoms with Gasteiger partial charge in [0.25, 0.3) is 0 Å². The topological polar surface area (TPSA) is 83.9 Å². The summed E-state index contributed by atoms with van der Waals surface area (Å²) in [6.45, 7) is 0.524. The summed E-state index contributed by atoms with van der Waals surface area (Å²) in [7, 11) is -2.27. The van der Waals surface area contributed by atoms with E-state index in [9.17, 15) is 13.2 Å². The Hall–Kier alpha value is -1.60. The van der Waals surface area contributed by atoms with Crippen molar-refractivity contribution in [1.82, 2.24) is 4.31 Å². The third-order valence-corrected chi connectivity index (χ3v) is 7.06. The first-order chi connectivity index (χ1) is 11.4. The number of aliphatic carboxylic acids is 1. The molecule has 0 spiro atoms. The number of sulfonamides is 1. The second-order valence-corrected chi connectivity index (χ2v) is 8.43. The molecule has 0 aromatic heterocycles. The largest absolute Gasteiger partial charge is 0.495 e. The quantitative estimate of drug-likeness (QED) is 0.878. The minimum absolute atomic E-state index is 0.0663.